The van der Waals surface area contributed by atoms with Crippen molar-refractivity contribution in [3.05, 3.63) is 65.7 Å². The number of rotatable bonds is 9. The van der Waals surface area contributed by atoms with Gasteiger partial charge in [-0.1, -0.05) is 42.5 Å². The lowest BCUT2D eigenvalue weighted by Gasteiger charge is -2.20. The minimum atomic E-state index is -0.0862. The lowest BCUT2D eigenvalue weighted by atomic mass is 10.2. The average molecular weight is 356 g/mol. The number of carbonyl (C=O) groups is 1. The number of benzene rings is 2. The molecular formula is C20H25N3OS. The van der Waals surface area contributed by atoms with Crippen LogP contribution in [0.25, 0.3) is 0 Å². The molecule has 0 unspecified atom stereocenters. The van der Waals surface area contributed by atoms with Gasteiger partial charge in [-0.2, -0.15) is 5.10 Å². The molecule has 4 nitrogen and oxygen atoms in total. The lowest BCUT2D eigenvalue weighted by molar-refractivity contribution is -0.118. The normalized spacial score (nSPS) is 10.8. The Hall–Kier alpha value is -2.27. The van der Waals surface area contributed by atoms with Gasteiger partial charge in [-0.15, -0.1) is 11.8 Å². The Kier molecular flexibility index (Phi) is 8.05. The van der Waals surface area contributed by atoms with Crippen LogP contribution in [0.4, 0.5) is 5.69 Å². The van der Waals surface area contributed by atoms with Gasteiger partial charge in [0.1, 0.15) is 0 Å². The monoisotopic (exact) mass is 355 g/mol. The van der Waals surface area contributed by atoms with Gasteiger partial charge in [-0.05, 0) is 37.1 Å². The molecule has 0 radical (unpaired) electrons. The second kappa shape index (κ2) is 10.6. The van der Waals surface area contributed by atoms with E-state index in [1.807, 2.05) is 30.3 Å². The summed E-state index contributed by atoms with van der Waals surface area (Å²) in [7, 11) is 0. The fourth-order valence-electron chi connectivity index (χ4n) is 2.41. The Labute approximate surface area is 154 Å². The van der Waals surface area contributed by atoms with E-state index in [1.165, 1.54) is 11.3 Å². The zero-order valence-corrected chi connectivity index (χ0v) is 15.6. The maximum Gasteiger partial charge on any atom is 0.250 e. The summed E-state index contributed by atoms with van der Waals surface area (Å²) in [6.07, 6.45) is 1.67. The molecule has 0 bridgehead atoms. The standard InChI is InChI=1S/C20H25N3OS/c1-3-23(4-2)19-12-10-17(11-13-19)14-21-22-20(24)16-25-15-18-8-6-5-7-9-18/h5-14H,3-4,15-16H2,1-2H3,(H,22,24)/b21-14-. The third-order valence-electron chi connectivity index (χ3n) is 3.77. The van der Waals surface area contributed by atoms with Gasteiger partial charge in [0.25, 0.3) is 0 Å². The van der Waals surface area contributed by atoms with Crippen LogP contribution in [0.2, 0.25) is 0 Å². The van der Waals surface area contributed by atoms with Crippen LogP contribution in [0, 0.1) is 0 Å². The number of nitrogens with zero attached hydrogens (tertiary/aromatic N) is 2. The number of hydrogen-bond acceptors (Lipinski definition) is 4. The van der Waals surface area contributed by atoms with E-state index in [2.05, 4.69) is 53.5 Å². The number of anilines is 1. The molecule has 1 amide bonds. The first-order valence-corrected chi connectivity index (χ1v) is 9.67. The van der Waals surface area contributed by atoms with Crippen LogP contribution in [-0.2, 0) is 10.5 Å². The average Bonchev–Trinajstić information content (AvgIpc) is 2.65. The highest BCUT2D eigenvalue weighted by Gasteiger charge is 2.02. The summed E-state index contributed by atoms with van der Waals surface area (Å²) in [6, 6.07) is 18.3. The number of hydrogen-bond donors (Lipinski definition) is 1. The van der Waals surface area contributed by atoms with Gasteiger partial charge in [-0.3, -0.25) is 4.79 Å². The van der Waals surface area contributed by atoms with Crippen molar-refractivity contribution >= 4 is 29.6 Å². The van der Waals surface area contributed by atoms with Gasteiger partial charge >= 0.3 is 0 Å². The van der Waals surface area contributed by atoms with E-state index < -0.39 is 0 Å². The predicted molar refractivity (Wildman–Crippen MR) is 108 cm³/mol. The Balaban J connectivity index is 1.73. The van der Waals surface area contributed by atoms with Crippen LogP contribution < -0.4 is 10.3 Å². The molecule has 0 heterocycles. The van der Waals surface area contributed by atoms with Gasteiger partial charge in [0, 0.05) is 24.5 Å². The molecule has 0 saturated carbocycles. The molecule has 132 valence electrons. The topological polar surface area (TPSA) is 44.7 Å². The molecule has 0 atom stereocenters. The van der Waals surface area contributed by atoms with E-state index in [4.69, 9.17) is 0 Å². The smallest absolute Gasteiger partial charge is 0.250 e. The van der Waals surface area contributed by atoms with E-state index in [0.29, 0.717) is 5.75 Å². The summed E-state index contributed by atoms with van der Waals surface area (Å²) in [5, 5.41) is 4.03. The first-order valence-electron chi connectivity index (χ1n) is 8.51. The molecule has 5 heteroatoms. The third-order valence-corrected chi connectivity index (χ3v) is 4.77. The van der Waals surface area contributed by atoms with E-state index in [1.54, 1.807) is 18.0 Å². The van der Waals surface area contributed by atoms with Gasteiger partial charge < -0.3 is 4.90 Å². The zero-order chi connectivity index (χ0) is 17.9. The van der Waals surface area contributed by atoms with E-state index in [9.17, 15) is 4.79 Å². The molecule has 0 spiro atoms. The van der Waals surface area contributed by atoms with Crippen LogP contribution in [0.1, 0.15) is 25.0 Å². The van der Waals surface area contributed by atoms with Crippen molar-refractivity contribution in [1.82, 2.24) is 5.43 Å². The summed E-state index contributed by atoms with van der Waals surface area (Å²) in [6.45, 7) is 6.26. The van der Waals surface area contributed by atoms with Gasteiger partial charge in [0.05, 0.1) is 12.0 Å². The minimum absolute atomic E-state index is 0.0862. The van der Waals surface area contributed by atoms with Crippen LogP contribution in [-0.4, -0.2) is 31.0 Å². The first kappa shape index (κ1) is 19.1. The molecule has 2 rings (SSSR count). The highest BCUT2D eigenvalue weighted by atomic mass is 32.2. The van der Waals surface area contributed by atoms with Gasteiger partial charge in [0.2, 0.25) is 5.91 Å². The van der Waals surface area contributed by atoms with Crippen LogP contribution in [0.3, 0.4) is 0 Å². The summed E-state index contributed by atoms with van der Waals surface area (Å²) in [5.41, 5.74) is 5.96. The maximum atomic E-state index is 11.8. The maximum absolute atomic E-state index is 11.8. The van der Waals surface area contributed by atoms with Crippen molar-refractivity contribution in [2.45, 2.75) is 19.6 Å². The number of carbonyl (C=O) groups excluding carboxylic acids is 1. The van der Waals surface area contributed by atoms with E-state index in [-0.39, 0.29) is 5.91 Å². The molecule has 0 aliphatic heterocycles. The molecular weight excluding hydrogens is 330 g/mol. The number of amides is 1. The first-order chi connectivity index (χ1) is 12.2. The van der Waals surface area contributed by atoms with E-state index in [0.717, 1.165) is 24.4 Å². The summed E-state index contributed by atoms with van der Waals surface area (Å²) < 4.78 is 0. The lowest BCUT2D eigenvalue weighted by Crippen LogP contribution is -2.21. The highest BCUT2D eigenvalue weighted by Crippen LogP contribution is 2.14. The number of nitrogens with one attached hydrogen (secondary N) is 1. The van der Waals surface area contributed by atoms with Crippen molar-refractivity contribution in [2.75, 3.05) is 23.7 Å². The summed E-state index contributed by atoms with van der Waals surface area (Å²) >= 11 is 1.58. The van der Waals surface area contributed by atoms with Crippen molar-refractivity contribution in [3.63, 3.8) is 0 Å². The Morgan fingerprint density at radius 2 is 1.76 bits per heavy atom. The SMILES string of the molecule is CCN(CC)c1ccc(/C=N\NC(=O)CSCc2ccccc2)cc1. The molecule has 2 aromatic rings. The van der Waals surface area contributed by atoms with Crippen molar-refractivity contribution < 1.29 is 4.79 Å². The summed E-state index contributed by atoms with van der Waals surface area (Å²) in [4.78, 5) is 14.1. The van der Waals surface area contributed by atoms with Crippen LogP contribution >= 0.6 is 11.8 Å². The largest absolute Gasteiger partial charge is 0.372 e. The fourth-order valence-corrected chi connectivity index (χ4v) is 3.19. The molecule has 0 saturated heterocycles. The van der Waals surface area contributed by atoms with Crippen molar-refractivity contribution in [1.29, 1.82) is 0 Å². The number of hydrazone groups is 1. The molecule has 25 heavy (non-hydrogen) atoms. The van der Waals surface area contributed by atoms with Gasteiger partial charge in [-0.25, -0.2) is 5.43 Å². The quantitative estimate of drug-likeness (QED) is 0.548. The molecule has 0 fully saturated rings. The molecule has 0 aliphatic carbocycles. The molecule has 2 aromatic carbocycles. The summed E-state index contributed by atoms with van der Waals surface area (Å²) in [5.74, 6) is 1.13. The fraction of sp³-hybridized carbons (Fsp3) is 0.300. The Bertz CT molecular complexity index is 667. The minimum Gasteiger partial charge on any atom is -0.372 e. The van der Waals surface area contributed by atoms with Crippen molar-refractivity contribution in [2.24, 2.45) is 5.10 Å². The van der Waals surface area contributed by atoms with E-state index >= 15 is 0 Å². The second-order valence-corrected chi connectivity index (χ2v) is 6.52. The molecule has 1 N–H and O–H groups in total. The Morgan fingerprint density at radius 3 is 2.40 bits per heavy atom. The van der Waals surface area contributed by atoms with Gasteiger partial charge in [0.15, 0.2) is 0 Å². The van der Waals surface area contributed by atoms with Crippen LogP contribution in [0.5, 0.6) is 0 Å². The number of thioether (sulfide) groups is 1. The third kappa shape index (κ3) is 6.63. The second-order valence-electron chi connectivity index (χ2n) is 5.54. The van der Waals surface area contributed by atoms with Crippen molar-refractivity contribution in [3.8, 4) is 0 Å². The molecule has 0 aromatic heterocycles. The van der Waals surface area contributed by atoms with Crippen LogP contribution in [0.15, 0.2) is 59.7 Å². The molecule has 0 aliphatic rings. The Morgan fingerprint density at radius 1 is 1.08 bits per heavy atom. The zero-order valence-electron chi connectivity index (χ0n) is 14.8. The highest BCUT2D eigenvalue weighted by molar-refractivity contribution is 7.99. The predicted octanol–water partition coefficient (Wildman–Crippen LogP) is 3.92.